The first kappa shape index (κ1) is 15.6. The first-order chi connectivity index (χ1) is 9.05. The molecule has 0 spiro atoms. The molecule has 0 saturated carbocycles. The van der Waals surface area contributed by atoms with Crippen LogP contribution in [-0.4, -0.2) is 51.7 Å². The van der Waals surface area contributed by atoms with E-state index in [1.807, 2.05) is 0 Å². The zero-order chi connectivity index (χ0) is 14.3. The summed E-state index contributed by atoms with van der Waals surface area (Å²) >= 11 is 0. The first-order valence-corrected chi connectivity index (χ1v) is 7.11. The molecule has 0 aliphatic rings. The van der Waals surface area contributed by atoms with Crippen molar-refractivity contribution in [2.24, 2.45) is 0 Å². The third kappa shape index (κ3) is 5.82. The number of aliphatic hydroxyl groups excluding tert-OH is 2. The van der Waals surface area contributed by atoms with E-state index in [4.69, 9.17) is 14.9 Å². The molecular formula is C12H17NO5S. The van der Waals surface area contributed by atoms with Gasteiger partial charge in [0.25, 0.3) is 0 Å². The molecule has 19 heavy (non-hydrogen) atoms. The lowest BCUT2D eigenvalue weighted by molar-refractivity contribution is -0.113. The zero-order valence-electron chi connectivity index (χ0n) is 10.5. The molecule has 0 aromatic heterocycles. The molecule has 6 nitrogen and oxygen atoms in total. The van der Waals surface area contributed by atoms with E-state index in [2.05, 4.69) is 5.32 Å². The second-order valence-corrected chi connectivity index (χ2v) is 5.37. The Morgan fingerprint density at radius 2 is 2.05 bits per heavy atom. The molecule has 0 bridgehead atoms. The fourth-order valence-electron chi connectivity index (χ4n) is 1.34. The summed E-state index contributed by atoms with van der Waals surface area (Å²) in [6.07, 6.45) is -1.06. The van der Waals surface area contributed by atoms with Crippen LogP contribution in [0.3, 0.4) is 0 Å². The van der Waals surface area contributed by atoms with Gasteiger partial charge in [0.05, 0.1) is 25.6 Å². The van der Waals surface area contributed by atoms with Gasteiger partial charge in [-0.1, -0.05) is 0 Å². The van der Waals surface area contributed by atoms with Crippen molar-refractivity contribution in [3.05, 3.63) is 24.3 Å². The Kier molecular flexibility index (Phi) is 6.48. The van der Waals surface area contributed by atoms with Gasteiger partial charge >= 0.3 is 0 Å². The predicted molar refractivity (Wildman–Crippen MR) is 72.6 cm³/mol. The summed E-state index contributed by atoms with van der Waals surface area (Å²) in [7, 11) is 0.0384. The average Bonchev–Trinajstić information content (AvgIpc) is 2.39. The summed E-state index contributed by atoms with van der Waals surface area (Å²) in [5.74, 6) is -0.0726. The standard InChI is InChI=1S/C12H17NO5S/c1-18-11-4-2-9(3-5-11)13-12(16)8-19(17)7-10(15)6-14/h2-5,10,14-15H,6-8H2,1H3,(H,13,16). The third-order valence-corrected chi connectivity index (χ3v) is 3.60. The van der Waals surface area contributed by atoms with Crippen LogP contribution in [0, 0.1) is 0 Å². The normalized spacial score (nSPS) is 13.6. The Morgan fingerprint density at radius 3 is 2.58 bits per heavy atom. The number of ether oxygens (including phenoxy) is 1. The van der Waals surface area contributed by atoms with Gasteiger partial charge in [-0.2, -0.15) is 0 Å². The summed E-state index contributed by atoms with van der Waals surface area (Å²) < 4.78 is 16.5. The van der Waals surface area contributed by atoms with Crippen molar-refractivity contribution in [3.8, 4) is 5.75 Å². The molecule has 1 aromatic rings. The lowest BCUT2D eigenvalue weighted by Gasteiger charge is -2.08. The number of nitrogens with one attached hydrogen (secondary N) is 1. The van der Waals surface area contributed by atoms with Gasteiger partial charge in [0.2, 0.25) is 5.91 Å². The number of hydrogen-bond acceptors (Lipinski definition) is 5. The Bertz CT molecular complexity index is 434. The van der Waals surface area contributed by atoms with E-state index in [-0.39, 0.29) is 11.5 Å². The molecule has 1 aromatic carbocycles. The quantitative estimate of drug-likeness (QED) is 0.642. The SMILES string of the molecule is COc1ccc(NC(=O)CS(=O)CC(O)CO)cc1. The molecular weight excluding hydrogens is 270 g/mol. The van der Waals surface area contributed by atoms with E-state index >= 15 is 0 Å². The minimum absolute atomic E-state index is 0.119. The molecule has 0 fully saturated rings. The average molecular weight is 287 g/mol. The fourth-order valence-corrected chi connectivity index (χ4v) is 2.36. The van der Waals surface area contributed by atoms with Crippen LogP contribution in [0.25, 0.3) is 0 Å². The zero-order valence-corrected chi connectivity index (χ0v) is 11.4. The molecule has 0 aliphatic carbocycles. The van der Waals surface area contributed by atoms with E-state index in [1.54, 1.807) is 31.4 Å². The highest BCUT2D eigenvalue weighted by Gasteiger charge is 2.12. The molecule has 3 N–H and O–H groups in total. The maximum Gasteiger partial charge on any atom is 0.236 e. The van der Waals surface area contributed by atoms with Crippen LogP contribution in [-0.2, 0) is 15.6 Å². The molecule has 106 valence electrons. The van der Waals surface area contributed by atoms with Crippen molar-refractivity contribution in [1.82, 2.24) is 0 Å². The van der Waals surface area contributed by atoms with E-state index in [1.165, 1.54) is 0 Å². The smallest absolute Gasteiger partial charge is 0.236 e. The summed E-state index contributed by atoms with van der Waals surface area (Å²) in [6.45, 7) is -0.466. The molecule has 2 unspecified atom stereocenters. The molecule has 0 heterocycles. The topological polar surface area (TPSA) is 95.9 Å². The number of amides is 1. The van der Waals surface area contributed by atoms with Crippen LogP contribution in [0.4, 0.5) is 5.69 Å². The Morgan fingerprint density at radius 1 is 1.42 bits per heavy atom. The van der Waals surface area contributed by atoms with Crippen LogP contribution < -0.4 is 10.1 Å². The van der Waals surface area contributed by atoms with Gasteiger partial charge in [0, 0.05) is 16.5 Å². The number of hydrogen-bond donors (Lipinski definition) is 3. The molecule has 0 saturated heterocycles. The minimum Gasteiger partial charge on any atom is -0.497 e. The first-order valence-electron chi connectivity index (χ1n) is 5.63. The predicted octanol–water partition coefficient (Wildman–Crippen LogP) is -0.264. The van der Waals surface area contributed by atoms with E-state index in [9.17, 15) is 9.00 Å². The van der Waals surface area contributed by atoms with E-state index < -0.39 is 29.4 Å². The molecule has 1 amide bonds. The number of carbonyl (C=O) groups excluding carboxylic acids is 1. The fraction of sp³-hybridized carbons (Fsp3) is 0.417. The van der Waals surface area contributed by atoms with Crippen LogP contribution >= 0.6 is 0 Å². The van der Waals surface area contributed by atoms with Crippen LogP contribution in [0.5, 0.6) is 5.75 Å². The molecule has 1 rings (SSSR count). The number of rotatable bonds is 7. The Labute approximate surface area is 113 Å². The van der Waals surface area contributed by atoms with Crippen molar-refractivity contribution in [3.63, 3.8) is 0 Å². The molecule has 0 aliphatic heterocycles. The van der Waals surface area contributed by atoms with Crippen molar-refractivity contribution in [2.45, 2.75) is 6.10 Å². The van der Waals surface area contributed by atoms with Crippen LogP contribution in [0.15, 0.2) is 24.3 Å². The highest BCUT2D eigenvalue weighted by Crippen LogP contribution is 2.14. The van der Waals surface area contributed by atoms with Crippen molar-refractivity contribution < 1.29 is 24.0 Å². The summed E-state index contributed by atoms with van der Waals surface area (Å²) in [4.78, 5) is 11.6. The summed E-state index contributed by atoms with van der Waals surface area (Å²) in [6, 6.07) is 6.73. The number of anilines is 1. The highest BCUT2D eigenvalue weighted by molar-refractivity contribution is 7.85. The highest BCUT2D eigenvalue weighted by atomic mass is 32.2. The molecule has 7 heteroatoms. The molecule has 2 atom stereocenters. The van der Waals surface area contributed by atoms with Gasteiger partial charge in [0.15, 0.2) is 0 Å². The van der Waals surface area contributed by atoms with Crippen molar-refractivity contribution in [2.75, 3.05) is 30.5 Å². The van der Waals surface area contributed by atoms with Crippen molar-refractivity contribution in [1.29, 1.82) is 0 Å². The largest absolute Gasteiger partial charge is 0.497 e. The summed E-state index contributed by atoms with van der Waals surface area (Å²) in [5, 5.41) is 20.3. The number of benzene rings is 1. The summed E-state index contributed by atoms with van der Waals surface area (Å²) in [5.41, 5.74) is 0.575. The monoisotopic (exact) mass is 287 g/mol. The number of carbonyl (C=O) groups is 1. The minimum atomic E-state index is -1.51. The van der Waals surface area contributed by atoms with Gasteiger partial charge in [-0.25, -0.2) is 0 Å². The van der Waals surface area contributed by atoms with Gasteiger partial charge in [-0.05, 0) is 24.3 Å². The van der Waals surface area contributed by atoms with Crippen LogP contribution in [0.2, 0.25) is 0 Å². The number of aliphatic hydroxyl groups is 2. The van der Waals surface area contributed by atoms with Crippen molar-refractivity contribution >= 4 is 22.4 Å². The second kappa shape index (κ2) is 7.88. The van der Waals surface area contributed by atoms with Gasteiger partial charge < -0.3 is 20.3 Å². The van der Waals surface area contributed by atoms with Crippen LogP contribution in [0.1, 0.15) is 0 Å². The van der Waals surface area contributed by atoms with Gasteiger partial charge in [-0.3, -0.25) is 9.00 Å². The third-order valence-electron chi connectivity index (χ3n) is 2.25. The van der Waals surface area contributed by atoms with E-state index in [0.717, 1.165) is 0 Å². The maximum absolute atomic E-state index is 11.6. The van der Waals surface area contributed by atoms with Gasteiger partial charge in [0.1, 0.15) is 11.5 Å². The number of methoxy groups -OCH3 is 1. The Hall–Kier alpha value is -1.44. The Balaban J connectivity index is 2.43. The maximum atomic E-state index is 11.6. The molecule has 0 radical (unpaired) electrons. The lowest BCUT2D eigenvalue weighted by Crippen LogP contribution is -2.27. The van der Waals surface area contributed by atoms with E-state index in [0.29, 0.717) is 11.4 Å². The second-order valence-electron chi connectivity index (χ2n) is 3.86. The lowest BCUT2D eigenvalue weighted by atomic mass is 10.3. The van der Waals surface area contributed by atoms with Gasteiger partial charge in [-0.15, -0.1) is 0 Å².